The van der Waals surface area contributed by atoms with E-state index in [1.807, 2.05) is 20.8 Å². The fourth-order valence-corrected chi connectivity index (χ4v) is 6.70. The Kier molecular flexibility index (Phi) is 20.8. The second-order valence-electron chi connectivity index (χ2n) is 14.0. The van der Waals surface area contributed by atoms with Crippen molar-refractivity contribution in [2.24, 2.45) is 0 Å². The van der Waals surface area contributed by atoms with Crippen molar-refractivity contribution < 1.29 is 47.9 Å². The van der Waals surface area contributed by atoms with E-state index in [9.17, 15) is 14.4 Å². The third kappa shape index (κ3) is 16.6. The van der Waals surface area contributed by atoms with Gasteiger partial charge in [0.15, 0.2) is 0 Å². The second-order valence-corrected chi connectivity index (χ2v) is 14.0. The first kappa shape index (κ1) is 45.7. The predicted molar refractivity (Wildman–Crippen MR) is 218 cm³/mol. The highest BCUT2D eigenvalue weighted by atomic mass is 16.7. The first-order valence-electron chi connectivity index (χ1n) is 20.2. The van der Waals surface area contributed by atoms with Crippen LogP contribution in [-0.2, 0) is 49.2 Å². The van der Waals surface area contributed by atoms with Gasteiger partial charge in [-0.15, -0.1) is 0 Å². The molecule has 3 saturated heterocycles. The fourth-order valence-electron chi connectivity index (χ4n) is 6.70. The zero-order valence-corrected chi connectivity index (χ0v) is 34.0. The number of carboxylic acid groups (broad SMARTS) is 1. The average molecular weight is 781 g/mol. The number of carbonyl (C=O) groups is 3. The molecule has 3 fully saturated rings. The molecular formula is C44H64N2O10. The van der Waals surface area contributed by atoms with Crippen LogP contribution in [0.3, 0.4) is 0 Å². The Hall–Kier alpha value is -4.71. The molecule has 0 bridgehead atoms. The molecule has 2 aromatic carbocycles. The third-order valence-corrected chi connectivity index (χ3v) is 9.82. The molecule has 12 heteroatoms. The maximum Gasteiger partial charge on any atom is 0.306 e. The zero-order valence-electron chi connectivity index (χ0n) is 34.0. The summed E-state index contributed by atoms with van der Waals surface area (Å²) in [5, 5.41) is 7.91. The van der Waals surface area contributed by atoms with E-state index in [2.05, 4.69) is 71.5 Å². The van der Waals surface area contributed by atoms with Gasteiger partial charge < -0.3 is 43.3 Å². The van der Waals surface area contributed by atoms with E-state index < -0.39 is 5.97 Å². The van der Waals surface area contributed by atoms with Crippen molar-refractivity contribution >= 4 is 29.8 Å². The first-order chi connectivity index (χ1) is 27.1. The van der Waals surface area contributed by atoms with Gasteiger partial charge in [-0.3, -0.25) is 14.4 Å². The van der Waals surface area contributed by atoms with Crippen molar-refractivity contribution in [1.82, 2.24) is 0 Å². The van der Waals surface area contributed by atoms with Gasteiger partial charge in [-0.05, 0) is 74.1 Å². The maximum absolute atomic E-state index is 11.6. The molecule has 2 aromatic rings. The highest BCUT2D eigenvalue weighted by molar-refractivity contribution is 5.71. The topological polar surface area (TPSA) is 133 Å². The summed E-state index contributed by atoms with van der Waals surface area (Å²) in [6, 6.07) is 17.5. The van der Waals surface area contributed by atoms with E-state index in [0.717, 1.165) is 101 Å². The van der Waals surface area contributed by atoms with Gasteiger partial charge >= 0.3 is 11.9 Å². The molecule has 0 aromatic heterocycles. The third-order valence-electron chi connectivity index (χ3n) is 9.82. The molecular weight excluding hydrogens is 716 g/mol. The number of esters is 1. The van der Waals surface area contributed by atoms with E-state index in [-0.39, 0.29) is 37.0 Å². The first-order valence-corrected chi connectivity index (χ1v) is 20.2. The van der Waals surface area contributed by atoms with Crippen molar-refractivity contribution in [2.75, 3.05) is 56.3 Å². The van der Waals surface area contributed by atoms with Crippen LogP contribution in [-0.4, -0.2) is 94.4 Å². The normalized spacial score (nSPS) is 18.9. The predicted octanol–water partition coefficient (Wildman–Crippen LogP) is 7.82. The Labute approximate surface area is 333 Å². The number of cyclic esters (lactones) is 1. The van der Waals surface area contributed by atoms with Gasteiger partial charge in [-0.1, -0.05) is 51.6 Å². The van der Waals surface area contributed by atoms with E-state index in [0.29, 0.717) is 31.9 Å². The summed E-state index contributed by atoms with van der Waals surface area (Å²) in [7, 11) is 1.65. The molecule has 3 aliphatic rings. The summed E-state index contributed by atoms with van der Waals surface area (Å²) in [5.74, 6) is 0.454. The van der Waals surface area contributed by atoms with Gasteiger partial charge in [0.2, 0.25) is 0 Å². The minimum absolute atomic E-state index is 0.00333. The minimum Gasteiger partial charge on any atom is -0.495 e. The molecule has 5 rings (SSSR count). The molecule has 4 atom stereocenters. The maximum atomic E-state index is 11.6. The number of nitrogens with zero attached hydrogens (tertiary/aromatic N) is 2. The van der Waals surface area contributed by atoms with Crippen LogP contribution < -0.4 is 9.80 Å². The lowest BCUT2D eigenvalue weighted by Gasteiger charge is -2.28. The van der Waals surface area contributed by atoms with Gasteiger partial charge in [-0.25, -0.2) is 0 Å². The smallest absolute Gasteiger partial charge is 0.306 e. The van der Waals surface area contributed by atoms with Gasteiger partial charge in [0.05, 0.1) is 11.9 Å². The number of aliphatic carboxylic acids is 1. The lowest BCUT2D eigenvalue weighted by atomic mass is 10.0. The van der Waals surface area contributed by atoms with E-state index in [1.54, 1.807) is 7.11 Å². The van der Waals surface area contributed by atoms with Crippen molar-refractivity contribution in [3.8, 4) is 0 Å². The van der Waals surface area contributed by atoms with Crippen molar-refractivity contribution in [2.45, 2.75) is 116 Å². The monoisotopic (exact) mass is 780 g/mol. The molecule has 3 aliphatic heterocycles. The van der Waals surface area contributed by atoms with Crippen LogP contribution in [0.2, 0.25) is 0 Å². The van der Waals surface area contributed by atoms with Crippen LogP contribution in [0.4, 0.5) is 11.4 Å². The Balaban J connectivity index is 0.000000960. The molecule has 12 nitrogen and oxygen atoms in total. The van der Waals surface area contributed by atoms with Gasteiger partial charge in [0, 0.05) is 83.2 Å². The second kappa shape index (κ2) is 25.4. The molecule has 0 amide bonds. The van der Waals surface area contributed by atoms with Crippen molar-refractivity contribution in [3.05, 3.63) is 84.5 Å². The molecule has 0 radical (unpaired) electrons. The number of methoxy groups -OCH3 is 1. The Morgan fingerprint density at radius 1 is 0.857 bits per heavy atom. The SMILES string of the molecule is C=C1CCC(CCN(CCC(COC=O)OC)c2ccc(Cc3ccc(N(CCC4COC(=C)O4)CCC4CCC(=O)O4)cc3)cc2)O1.CC.CCCC(=O)O. The number of carboxylic acids is 1. The average Bonchev–Trinajstić information content (AvgIpc) is 3.95. The lowest BCUT2D eigenvalue weighted by molar-refractivity contribution is -0.141. The highest BCUT2D eigenvalue weighted by Crippen LogP contribution is 2.27. The lowest BCUT2D eigenvalue weighted by Crippen LogP contribution is -2.32. The summed E-state index contributed by atoms with van der Waals surface area (Å²) in [6.07, 6.45) is 8.34. The van der Waals surface area contributed by atoms with Gasteiger partial charge in [-0.2, -0.15) is 0 Å². The number of ether oxygens (including phenoxy) is 6. The summed E-state index contributed by atoms with van der Waals surface area (Å²) < 4.78 is 33.0. The largest absolute Gasteiger partial charge is 0.495 e. The number of benzene rings is 2. The Morgan fingerprint density at radius 3 is 1.84 bits per heavy atom. The van der Waals surface area contributed by atoms with Crippen LogP contribution in [0.25, 0.3) is 0 Å². The van der Waals surface area contributed by atoms with Crippen molar-refractivity contribution in [1.29, 1.82) is 0 Å². The quantitative estimate of drug-likeness (QED) is 0.0923. The summed E-state index contributed by atoms with van der Waals surface area (Å²) in [6.45, 7) is 18.0. The molecule has 56 heavy (non-hydrogen) atoms. The van der Waals surface area contributed by atoms with Crippen molar-refractivity contribution in [3.63, 3.8) is 0 Å². The standard InChI is InChI=1S/C38H50N2O8.C4H8O2.C2H6/c1-28-4-13-34(46-28)16-20-39(22-18-36(43-3)25-44-27-41)32-9-5-30(6-10-32)24-31-7-11-33(12-8-31)40(21-17-35-14-15-38(42)48-35)23-19-37-26-45-29(2)47-37;1-2-3-4(5)6;1-2/h5-12,27,34-37H,1-2,4,13-26H2,3H3;2-3H2,1H3,(H,5,6);1-2H3. The Morgan fingerprint density at radius 2 is 1.41 bits per heavy atom. The van der Waals surface area contributed by atoms with Crippen LogP contribution in [0.1, 0.15) is 96.1 Å². The summed E-state index contributed by atoms with van der Waals surface area (Å²) in [4.78, 5) is 36.6. The fraction of sp³-hybridized carbons (Fsp3) is 0.568. The summed E-state index contributed by atoms with van der Waals surface area (Å²) in [5.41, 5.74) is 4.73. The molecule has 0 aliphatic carbocycles. The summed E-state index contributed by atoms with van der Waals surface area (Å²) >= 11 is 0. The van der Waals surface area contributed by atoms with E-state index in [1.165, 1.54) is 11.1 Å². The van der Waals surface area contributed by atoms with Gasteiger partial charge in [0.1, 0.15) is 31.5 Å². The molecule has 1 N–H and O–H groups in total. The van der Waals surface area contributed by atoms with E-state index >= 15 is 0 Å². The molecule has 0 saturated carbocycles. The van der Waals surface area contributed by atoms with Crippen LogP contribution in [0.5, 0.6) is 0 Å². The van der Waals surface area contributed by atoms with Crippen LogP contribution >= 0.6 is 0 Å². The number of hydrogen-bond acceptors (Lipinski definition) is 11. The molecule has 310 valence electrons. The van der Waals surface area contributed by atoms with Crippen LogP contribution in [0.15, 0.2) is 73.4 Å². The number of hydrogen-bond donors (Lipinski definition) is 1. The molecule has 0 spiro atoms. The van der Waals surface area contributed by atoms with Gasteiger partial charge in [0.25, 0.3) is 12.4 Å². The Bertz CT molecular complexity index is 1450. The van der Waals surface area contributed by atoms with Crippen LogP contribution in [0, 0.1) is 0 Å². The highest BCUT2D eigenvalue weighted by Gasteiger charge is 2.26. The number of allylic oxidation sites excluding steroid dienone is 1. The van der Waals surface area contributed by atoms with E-state index in [4.69, 9.17) is 33.5 Å². The molecule has 4 unspecified atom stereocenters. The number of anilines is 2. The number of carbonyl (C=O) groups excluding carboxylic acids is 2. The number of rotatable bonds is 22. The molecule has 3 heterocycles. The zero-order chi connectivity index (χ0) is 40.7. The minimum atomic E-state index is -0.711.